The second-order valence-electron chi connectivity index (χ2n) is 4.39. The van der Waals surface area contributed by atoms with Crippen molar-refractivity contribution in [3.05, 3.63) is 64.7 Å². The molecule has 20 heavy (non-hydrogen) atoms. The molecule has 0 unspecified atom stereocenters. The number of thioether (sulfide) groups is 1. The fourth-order valence-corrected chi connectivity index (χ4v) is 2.40. The maximum Gasteiger partial charge on any atom is 0.261 e. The smallest absolute Gasteiger partial charge is 0.261 e. The molecule has 0 atom stereocenters. The predicted octanol–water partition coefficient (Wildman–Crippen LogP) is 2.56. The van der Waals surface area contributed by atoms with E-state index in [9.17, 15) is 4.79 Å². The van der Waals surface area contributed by atoms with Gasteiger partial charge in [0.25, 0.3) is 5.56 Å². The summed E-state index contributed by atoms with van der Waals surface area (Å²) in [7, 11) is 0. The molecule has 0 radical (unpaired) electrons. The summed E-state index contributed by atoms with van der Waals surface area (Å²) in [4.78, 5) is 20.9. The number of benzene rings is 1. The van der Waals surface area contributed by atoms with Crippen molar-refractivity contribution in [2.75, 3.05) is 6.26 Å². The highest BCUT2D eigenvalue weighted by molar-refractivity contribution is 7.98. The maximum atomic E-state index is 12.4. The average molecular weight is 283 g/mol. The molecule has 2 aromatic heterocycles. The van der Waals surface area contributed by atoms with E-state index in [1.807, 2.05) is 42.7 Å². The average Bonchev–Trinajstić information content (AvgIpc) is 2.51. The van der Waals surface area contributed by atoms with Gasteiger partial charge in [0.1, 0.15) is 0 Å². The molecule has 3 aromatic rings. The van der Waals surface area contributed by atoms with Crippen LogP contribution in [0.5, 0.6) is 0 Å². The standard InChI is InChI=1S/C15H13N3OS/c1-20-15-16-9-12-13(17-15)7-8-18(14(12)19)10-11-5-3-2-4-6-11/h2-9H,10H2,1H3. The molecule has 0 fully saturated rings. The molecule has 3 rings (SSSR count). The van der Waals surface area contributed by atoms with Crippen LogP contribution in [0.3, 0.4) is 0 Å². The van der Waals surface area contributed by atoms with Crippen LogP contribution in [-0.2, 0) is 6.54 Å². The summed E-state index contributed by atoms with van der Waals surface area (Å²) in [6, 6.07) is 11.8. The van der Waals surface area contributed by atoms with Crippen LogP contribution in [-0.4, -0.2) is 20.8 Å². The lowest BCUT2D eigenvalue weighted by Crippen LogP contribution is -2.20. The van der Waals surface area contributed by atoms with Crippen LogP contribution >= 0.6 is 11.8 Å². The molecule has 0 aliphatic heterocycles. The topological polar surface area (TPSA) is 47.8 Å². The van der Waals surface area contributed by atoms with Crippen molar-refractivity contribution in [2.24, 2.45) is 0 Å². The number of hydrogen-bond donors (Lipinski definition) is 0. The molecular weight excluding hydrogens is 270 g/mol. The summed E-state index contributed by atoms with van der Waals surface area (Å²) in [5, 5.41) is 1.24. The number of nitrogens with zero attached hydrogens (tertiary/aromatic N) is 3. The number of aromatic nitrogens is 3. The maximum absolute atomic E-state index is 12.4. The third-order valence-electron chi connectivity index (χ3n) is 3.08. The molecule has 2 heterocycles. The van der Waals surface area contributed by atoms with E-state index in [4.69, 9.17) is 0 Å². The first-order valence-electron chi connectivity index (χ1n) is 6.22. The molecule has 0 spiro atoms. The Morgan fingerprint density at radius 3 is 2.75 bits per heavy atom. The van der Waals surface area contributed by atoms with E-state index in [-0.39, 0.29) is 5.56 Å². The fourth-order valence-electron chi connectivity index (χ4n) is 2.06. The SMILES string of the molecule is CSc1ncc2c(=O)n(Cc3ccccc3)ccc2n1. The summed E-state index contributed by atoms with van der Waals surface area (Å²) in [6.07, 6.45) is 5.31. The van der Waals surface area contributed by atoms with Crippen LogP contribution in [0.1, 0.15) is 5.56 Å². The first-order chi connectivity index (χ1) is 9.78. The Kier molecular flexibility index (Phi) is 3.52. The Morgan fingerprint density at radius 1 is 1.20 bits per heavy atom. The minimum absolute atomic E-state index is 0.0565. The van der Waals surface area contributed by atoms with Gasteiger partial charge in [0, 0.05) is 12.4 Å². The van der Waals surface area contributed by atoms with Gasteiger partial charge in [-0.3, -0.25) is 4.79 Å². The van der Waals surface area contributed by atoms with E-state index in [0.29, 0.717) is 22.6 Å². The van der Waals surface area contributed by atoms with Crippen molar-refractivity contribution in [3.8, 4) is 0 Å². The largest absolute Gasteiger partial charge is 0.310 e. The molecule has 0 saturated carbocycles. The minimum Gasteiger partial charge on any atom is -0.310 e. The van der Waals surface area contributed by atoms with Crippen LogP contribution in [0.4, 0.5) is 0 Å². The van der Waals surface area contributed by atoms with Gasteiger partial charge in [-0.15, -0.1) is 0 Å². The Bertz CT molecular complexity index is 799. The second kappa shape index (κ2) is 5.46. The lowest BCUT2D eigenvalue weighted by molar-refractivity contribution is 0.765. The number of hydrogen-bond acceptors (Lipinski definition) is 4. The summed E-state index contributed by atoms with van der Waals surface area (Å²) < 4.78 is 1.68. The van der Waals surface area contributed by atoms with Crippen molar-refractivity contribution in [1.82, 2.24) is 14.5 Å². The van der Waals surface area contributed by atoms with E-state index in [0.717, 1.165) is 5.56 Å². The van der Waals surface area contributed by atoms with Crippen molar-refractivity contribution in [3.63, 3.8) is 0 Å². The molecule has 5 heteroatoms. The molecule has 1 aromatic carbocycles. The molecule has 0 aliphatic carbocycles. The van der Waals surface area contributed by atoms with Gasteiger partial charge in [0.05, 0.1) is 17.4 Å². The van der Waals surface area contributed by atoms with Gasteiger partial charge in [0.2, 0.25) is 0 Å². The Labute approximate surface area is 120 Å². The van der Waals surface area contributed by atoms with E-state index >= 15 is 0 Å². The third kappa shape index (κ3) is 2.44. The van der Waals surface area contributed by atoms with E-state index < -0.39 is 0 Å². The summed E-state index contributed by atoms with van der Waals surface area (Å²) >= 11 is 1.47. The molecule has 0 N–H and O–H groups in total. The minimum atomic E-state index is -0.0565. The zero-order chi connectivity index (χ0) is 13.9. The second-order valence-corrected chi connectivity index (χ2v) is 5.16. The van der Waals surface area contributed by atoms with Crippen LogP contribution in [0, 0.1) is 0 Å². The van der Waals surface area contributed by atoms with Crippen LogP contribution in [0.2, 0.25) is 0 Å². The molecule has 100 valence electrons. The molecule has 0 aliphatic rings. The van der Waals surface area contributed by atoms with E-state index in [1.54, 1.807) is 17.0 Å². The van der Waals surface area contributed by atoms with Crippen molar-refractivity contribution < 1.29 is 0 Å². The van der Waals surface area contributed by atoms with Gasteiger partial charge in [0.15, 0.2) is 5.16 Å². The van der Waals surface area contributed by atoms with Crippen molar-refractivity contribution in [1.29, 1.82) is 0 Å². The third-order valence-corrected chi connectivity index (χ3v) is 3.64. The molecule has 0 saturated heterocycles. The quantitative estimate of drug-likeness (QED) is 0.547. The number of fused-ring (bicyclic) bond motifs is 1. The van der Waals surface area contributed by atoms with E-state index in [2.05, 4.69) is 9.97 Å². The highest BCUT2D eigenvalue weighted by Crippen LogP contribution is 2.12. The molecule has 4 nitrogen and oxygen atoms in total. The number of pyridine rings is 1. The van der Waals surface area contributed by atoms with E-state index in [1.165, 1.54) is 11.8 Å². The van der Waals surface area contributed by atoms with Crippen LogP contribution in [0.25, 0.3) is 10.9 Å². The molecule has 0 bridgehead atoms. The number of rotatable bonds is 3. The lowest BCUT2D eigenvalue weighted by Gasteiger charge is -2.07. The first-order valence-corrected chi connectivity index (χ1v) is 7.44. The highest BCUT2D eigenvalue weighted by Gasteiger charge is 2.06. The van der Waals surface area contributed by atoms with Gasteiger partial charge in [-0.1, -0.05) is 42.1 Å². The normalized spacial score (nSPS) is 10.8. The Balaban J connectivity index is 2.05. The Hall–Kier alpha value is -2.14. The summed E-state index contributed by atoms with van der Waals surface area (Å²) in [5.74, 6) is 0. The first kappa shape index (κ1) is 12.9. The monoisotopic (exact) mass is 283 g/mol. The van der Waals surface area contributed by atoms with Crippen LogP contribution in [0.15, 0.2) is 58.7 Å². The zero-order valence-electron chi connectivity index (χ0n) is 11.0. The Morgan fingerprint density at radius 2 is 2.00 bits per heavy atom. The lowest BCUT2D eigenvalue weighted by atomic mass is 10.2. The highest BCUT2D eigenvalue weighted by atomic mass is 32.2. The molecule has 0 amide bonds. The van der Waals surface area contributed by atoms with Gasteiger partial charge < -0.3 is 4.57 Å². The summed E-state index contributed by atoms with van der Waals surface area (Å²) in [5.41, 5.74) is 1.73. The predicted molar refractivity (Wildman–Crippen MR) is 81.1 cm³/mol. The van der Waals surface area contributed by atoms with Crippen LogP contribution < -0.4 is 5.56 Å². The van der Waals surface area contributed by atoms with Crippen molar-refractivity contribution >= 4 is 22.7 Å². The fraction of sp³-hybridized carbons (Fsp3) is 0.133. The zero-order valence-corrected chi connectivity index (χ0v) is 11.8. The van der Waals surface area contributed by atoms with Crippen molar-refractivity contribution in [2.45, 2.75) is 11.7 Å². The van der Waals surface area contributed by atoms with Gasteiger partial charge in [-0.2, -0.15) is 0 Å². The molecular formula is C15H13N3OS. The summed E-state index contributed by atoms with van der Waals surface area (Å²) in [6.45, 7) is 0.555. The van der Waals surface area contributed by atoms with Gasteiger partial charge in [-0.05, 0) is 17.9 Å². The van der Waals surface area contributed by atoms with Gasteiger partial charge >= 0.3 is 0 Å². The van der Waals surface area contributed by atoms with Gasteiger partial charge in [-0.25, -0.2) is 9.97 Å².